The Morgan fingerprint density at radius 2 is 1.83 bits per heavy atom. The molecule has 0 spiro atoms. The molecule has 0 saturated carbocycles. The lowest BCUT2D eigenvalue weighted by atomic mass is 10.1. The van der Waals surface area contributed by atoms with Crippen LogP contribution in [0.25, 0.3) is 0 Å². The maximum absolute atomic E-state index is 9.74. The van der Waals surface area contributed by atoms with Crippen molar-refractivity contribution in [2.24, 2.45) is 5.10 Å². The van der Waals surface area contributed by atoms with Crippen LogP contribution >= 0.6 is 0 Å². The number of morpholine rings is 1. The van der Waals surface area contributed by atoms with E-state index in [1.165, 1.54) is 0 Å². The highest BCUT2D eigenvalue weighted by Gasteiger charge is 2.19. The maximum Gasteiger partial charge on any atom is 0.320 e. The zero-order valence-corrected chi connectivity index (χ0v) is 22.3. The number of ether oxygens (including phenoxy) is 2. The van der Waals surface area contributed by atoms with Gasteiger partial charge in [-0.15, -0.1) is 0 Å². The minimum Gasteiger partial charge on any atom is -0.508 e. The summed E-state index contributed by atoms with van der Waals surface area (Å²) in [6.45, 7) is 14.9. The number of nitrogens with zero attached hydrogens (tertiary/aromatic N) is 5. The Hall–Kier alpha value is -2.91. The second kappa shape index (κ2) is 14.6. The molecule has 9 heteroatoms. The Bertz CT molecular complexity index is 972. The van der Waals surface area contributed by atoms with Gasteiger partial charge in [0.05, 0.1) is 18.9 Å². The molecule has 198 valence electrons. The van der Waals surface area contributed by atoms with Crippen LogP contribution in [0.15, 0.2) is 29.4 Å². The second-order valence-corrected chi connectivity index (χ2v) is 8.70. The van der Waals surface area contributed by atoms with E-state index in [9.17, 15) is 5.11 Å². The Balaban J connectivity index is 0.00000176. The molecule has 0 amide bonds. The average Bonchev–Trinajstić information content (AvgIpc) is 3.31. The van der Waals surface area contributed by atoms with Crippen molar-refractivity contribution in [3.8, 4) is 11.8 Å². The van der Waals surface area contributed by atoms with Gasteiger partial charge in [0.25, 0.3) is 0 Å². The van der Waals surface area contributed by atoms with Crippen LogP contribution in [0, 0.1) is 0 Å². The van der Waals surface area contributed by atoms with E-state index in [0.717, 1.165) is 94.3 Å². The lowest BCUT2D eigenvalue weighted by molar-refractivity contribution is 0.0317. The van der Waals surface area contributed by atoms with Gasteiger partial charge in [-0.1, -0.05) is 27.7 Å². The Morgan fingerprint density at radius 1 is 1.08 bits per heavy atom. The summed E-state index contributed by atoms with van der Waals surface area (Å²) in [4.78, 5) is 13.9. The van der Waals surface area contributed by atoms with Gasteiger partial charge in [0.1, 0.15) is 18.2 Å². The number of rotatable bonds is 11. The molecule has 1 fully saturated rings. The summed E-state index contributed by atoms with van der Waals surface area (Å²) in [5, 5.41) is 14.4. The Labute approximate surface area is 215 Å². The van der Waals surface area contributed by atoms with Gasteiger partial charge in [0.2, 0.25) is 0 Å². The Morgan fingerprint density at radius 3 is 2.56 bits per heavy atom. The molecule has 0 atom stereocenters. The van der Waals surface area contributed by atoms with Crippen molar-refractivity contribution in [1.82, 2.24) is 14.9 Å². The standard InChI is InChI=1S/C25H36N6O3.C2H6/c1-3-9-31(10-4-2)24-18-23(26-25(27-24)34-16-13-30-11-14-33-15-12-30)29-28-22-8-5-19-17-20(32)6-7-21(19)22;1-2/h6-7,17-18,32H,3-5,8-16H2,1-2H3,(H,26,27,29);1-2H3/b28-22+;. The normalized spacial score (nSPS) is 16.3. The molecule has 1 aliphatic carbocycles. The summed E-state index contributed by atoms with van der Waals surface area (Å²) in [6.07, 6.45) is 3.76. The third-order valence-corrected chi connectivity index (χ3v) is 6.08. The summed E-state index contributed by atoms with van der Waals surface area (Å²) in [5.41, 5.74) is 6.29. The first-order valence-corrected chi connectivity index (χ1v) is 13.4. The Kier molecular flexibility index (Phi) is 11.2. The predicted octanol–water partition coefficient (Wildman–Crippen LogP) is 4.31. The largest absolute Gasteiger partial charge is 0.508 e. The van der Waals surface area contributed by atoms with Gasteiger partial charge in [-0.25, -0.2) is 0 Å². The zero-order chi connectivity index (χ0) is 25.8. The van der Waals surface area contributed by atoms with Crippen LogP contribution in [0.1, 0.15) is 58.1 Å². The summed E-state index contributed by atoms with van der Waals surface area (Å²) < 4.78 is 11.4. The van der Waals surface area contributed by atoms with E-state index < -0.39 is 0 Å². The number of aryl methyl sites for hydroxylation is 1. The molecule has 36 heavy (non-hydrogen) atoms. The topological polar surface area (TPSA) is 95.3 Å². The number of hydrogen-bond donors (Lipinski definition) is 2. The molecule has 9 nitrogen and oxygen atoms in total. The molecule has 1 aliphatic heterocycles. The molecule has 0 bridgehead atoms. The molecule has 0 radical (unpaired) electrons. The zero-order valence-electron chi connectivity index (χ0n) is 22.3. The SMILES string of the molecule is CC.CCCN(CCC)c1cc(N/N=C2\CCc3cc(O)ccc32)nc(OCCN2CCOCC2)n1. The number of benzene rings is 1. The van der Waals surface area contributed by atoms with E-state index in [-0.39, 0.29) is 0 Å². The minimum absolute atomic E-state index is 0.291. The molecular formula is C27H42N6O3. The number of aromatic nitrogens is 2. The van der Waals surface area contributed by atoms with Crippen LogP contribution in [-0.4, -0.2) is 78.2 Å². The number of hydrazone groups is 1. The fourth-order valence-corrected chi connectivity index (χ4v) is 4.37. The van der Waals surface area contributed by atoms with Gasteiger partial charge in [0, 0.05) is 44.4 Å². The highest BCUT2D eigenvalue weighted by molar-refractivity contribution is 6.04. The lowest BCUT2D eigenvalue weighted by Crippen LogP contribution is -2.38. The third-order valence-electron chi connectivity index (χ3n) is 6.08. The number of aromatic hydroxyl groups is 1. The first kappa shape index (κ1) is 27.7. The van der Waals surface area contributed by atoms with Gasteiger partial charge < -0.3 is 19.5 Å². The number of phenols is 1. The molecule has 0 unspecified atom stereocenters. The van der Waals surface area contributed by atoms with E-state index in [1.807, 2.05) is 32.0 Å². The van der Waals surface area contributed by atoms with Crippen LogP contribution in [0.5, 0.6) is 11.8 Å². The van der Waals surface area contributed by atoms with Crippen LogP contribution in [0.4, 0.5) is 11.6 Å². The molecule has 1 aromatic heterocycles. The van der Waals surface area contributed by atoms with Crippen LogP contribution in [-0.2, 0) is 11.2 Å². The molecule has 2 aliphatic rings. The molecule has 2 aromatic rings. The maximum atomic E-state index is 9.74. The van der Waals surface area contributed by atoms with E-state index in [1.54, 1.807) is 6.07 Å². The quantitative estimate of drug-likeness (QED) is 0.443. The monoisotopic (exact) mass is 498 g/mol. The van der Waals surface area contributed by atoms with Crippen LogP contribution < -0.4 is 15.1 Å². The van der Waals surface area contributed by atoms with Gasteiger partial charge in [0.15, 0.2) is 5.82 Å². The van der Waals surface area contributed by atoms with Crippen molar-refractivity contribution in [2.45, 2.75) is 53.4 Å². The number of fused-ring (bicyclic) bond motifs is 1. The van der Waals surface area contributed by atoms with Crippen molar-refractivity contribution in [2.75, 3.05) is 62.9 Å². The van der Waals surface area contributed by atoms with E-state index in [0.29, 0.717) is 24.2 Å². The first-order valence-electron chi connectivity index (χ1n) is 13.4. The van der Waals surface area contributed by atoms with E-state index >= 15 is 0 Å². The predicted molar refractivity (Wildman–Crippen MR) is 146 cm³/mol. The summed E-state index contributed by atoms with van der Waals surface area (Å²) >= 11 is 0. The number of anilines is 2. The van der Waals surface area contributed by atoms with Crippen LogP contribution in [0.3, 0.4) is 0 Å². The highest BCUT2D eigenvalue weighted by Crippen LogP contribution is 2.27. The minimum atomic E-state index is 0.291. The van der Waals surface area contributed by atoms with E-state index in [4.69, 9.17) is 14.5 Å². The summed E-state index contributed by atoms with van der Waals surface area (Å²) in [5.74, 6) is 1.75. The van der Waals surface area contributed by atoms with E-state index in [2.05, 4.69) is 39.2 Å². The number of hydrogen-bond acceptors (Lipinski definition) is 9. The molecular weight excluding hydrogens is 456 g/mol. The van der Waals surface area contributed by atoms with Crippen molar-refractivity contribution in [1.29, 1.82) is 0 Å². The fraction of sp³-hybridized carbons (Fsp3) is 0.593. The van der Waals surface area contributed by atoms with Crippen molar-refractivity contribution < 1.29 is 14.6 Å². The summed E-state index contributed by atoms with van der Waals surface area (Å²) in [7, 11) is 0. The molecule has 4 rings (SSSR count). The van der Waals surface area contributed by atoms with Gasteiger partial charge in [-0.3, -0.25) is 10.3 Å². The van der Waals surface area contributed by atoms with Gasteiger partial charge in [-0.05, 0) is 49.4 Å². The third kappa shape index (κ3) is 7.80. The summed E-state index contributed by atoms with van der Waals surface area (Å²) in [6, 6.07) is 7.75. The molecule has 2 N–H and O–H groups in total. The second-order valence-electron chi connectivity index (χ2n) is 8.70. The number of nitrogens with one attached hydrogen (secondary N) is 1. The van der Waals surface area contributed by atoms with Crippen molar-refractivity contribution in [3.63, 3.8) is 0 Å². The van der Waals surface area contributed by atoms with Crippen LogP contribution in [0.2, 0.25) is 0 Å². The smallest absolute Gasteiger partial charge is 0.320 e. The van der Waals surface area contributed by atoms with Gasteiger partial charge in [-0.2, -0.15) is 15.1 Å². The molecule has 2 heterocycles. The number of phenolic OH excluding ortho intramolecular Hbond substituents is 1. The van der Waals surface area contributed by atoms with Gasteiger partial charge >= 0.3 is 6.01 Å². The molecule has 1 saturated heterocycles. The average molecular weight is 499 g/mol. The highest BCUT2D eigenvalue weighted by atomic mass is 16.5. The van der Waals surface area contributed by atoms with Crippen molar-refractivity contribution >= 4 is 17.3 Å². The van der Waals surface area contributed by atoms with Crippen molar-refractivity contribution in [3.05, 3.63) is 35.4 Å². The molecule has 1 aromatic carbocycles. The fourth-order valence-electron chi connectivity index (χ4n) is 4.37. The lowest BCUT2D eigenvalue weighted by Gasteiger charge is -2.26. The first-order chi connectivity index (χ1) is 17.7.